The van der Waals surface area contributed by atoms with E-state index in [1.165, 1.54) is 12.1 Å². The summed E-state index contributed by atoms with van der Waals surface area (Å²) in [4.78, 5) is 0. The Labute approximate surface area is 137 Å². The monoisotopic (exact) mass is 317 g/mol. The van der Waals surface area contributed by atoms with E-state index in [1.807, 2.05) is 45.0 Å². The number of benzene rings is 2. The van der Waals surface area contributed by atoms with Crippen molar-refractivity contribution in [3.05, 3.63) is 59.4 Å². The summed E-state index contributed by atoms with van der Waals surface area (Å²) in [5.74, 6) is 1.28. The lowest BCUT2D eigenvalue weighted by Gasteiger charge is -2.18. The molecule has 0 heterocycles. The number of nitrogens with one attached hydrogen (secondary N) is 1. The molecule has 0 fully saturated rings. The van der Waals surface area contributed by atoms with Crippen LogP contribution in [0, 0.1) is 5.82 Å². The van der Waals surface area contributed by atoms with Crippen molar-refractivity contribution < 1.29 is 13.9 Å². The maximum Gasteiger partial charge on any atom is 0.123 e. The molecule has 0 spiro atoms. The van der Waals surface area contributed by atoms with Gasteiger partial charge in [-0.15, -0.1) is 0 Å². The van der Waals surface area contributed by atoms with Crippen molar-refractivity contribution in [3.63, 3.8) is 0 Å². The molecular formula is C19H24FNO2. The predicted octanol–water partition coefficient (Wildman–Crippen LogP) is 4.47. The zero-order valence-electron chi connectivity index (χ0n) is 14.1. The Morgan fingerprint density at radius 2 is 1.87 bits per heavy atom. The zero-order chi connectivity index (χ0) is 16.8. The molecule has 1 unspecified atom stereocenters. The van der Waals surface area contributed by atoms with Crippen LogP contribution in [0.4, 0.5) is 4.39 Å². The predicted molar refractivity (Wildman–Crippen MR) is 90.4 cm³/mol. The summed E-state index contributed by atoms with van der Waals surface area (Å²) >= 11 is 0. The molecule has 1 N–H and O–H groups in total. The number of halogens is 1. The second kappa shape index (κ2) is 7.97. The van der Waals surface area contributed by atoms with Gasteiger partial charge in [-0.3, -0.25) is 0 Å². The van der Waals surface area contributed by atoms with E-state index in [0.717, 1.165) is 16.9 Å². The van der Waals surface area contributed by atoms with Gasteiger partial charge in [0.15, 0.2) is 0 Å². The number of rotatable bonds is 7. The third-order valence-electron chi connectivity index (χ3n) is 3.54. The van der Waals surface area contributed by atoms with Gasteiger partial charge in [0.2, 0.25) is 0 Å². The first-order valence-corrected chi connectivity index (χ1v) is 7.82. The molecule has 1 atom stereocenters. The van der Waals surface area contributed by atoms with Gasteiger partial charge < -0.3 is 14.8 Å². The minimum Gasteiger partial charge on any atom is -0.496 e. The summed E-state index contributed by atoms with van der Waals surface area (Å²) in [6, 6.07) is 12.5. The van der Waals surface area contributed by atoms with Crippen LogP contribution in [0.1, 0.15) is 37.9 Å². The van der Waals surface area contributed by atoms with Gasteiger partial charge in [0.05, 0.1) is 13.2 Å². The standard InChI is InChI=1S/C19H24FNO2/c1-13(2)23-17-7-5-6-15(10-17)12-21-14(3)18-11-16(20)8-9-19(18)22-4/h5-11,13-14,21H,12H2,1-4H3. The summed E-state index contributed by atoms with van der Waals surface area (Å²) in [6.07, 6.45) is 0.147. The van der Waals surface area contributed by atoms with Crippen molar-refractivity contribution in [1.82, 2.24) is 5.32 Å². The van der Waals surface area contributed by atoms with Gasteiger partial charge in [-0.1, -0.05) is 12.1 Å². The van der Waals surface area contributed by atoms with Gasteiger partial charge in [-0.05, 0) is 56.7 Å². The third kappa shape index (κ3) is 4.96. The molecule has 0 aromatic heterocycles. The maximum absolute atomic E-state index is 13.5. The smallest absolute Gasteiger partial charge is 0.123 e. The van der Waals surface area contributed by atoms with E-state index in [2.05, 4.69) is 5.32 Å². The lowest BCUT2D eigenvalue weighted by Crippen LogP contribution is -2.19. The first-order valence-electron chi connectivity index (χ1n) is 7.82. The number of ether oxygens (including phenoxy) is 2. The third-order valence-corrected chi connectivity index (χ3v) is 3.54. The SMILES string of the molecule is COc1ccc(F)cc1C(C)NCc1cccc(OC(C)C)c1. The van der Waals surface area contributed by atoms with Crippen molar-refractivity contribution in [1.29, 1.82) is 0 Å². The van der Waals surface area contributed by atoms with Gasteiger partial charge >= 0.3 is 0 Å². The fourth-order valence-electron chi connectivity index (χ4n) is 2.43. The molecule has 4 heteroatoms. The molecule has 124 valence electrons. The van der Waals surface area contributed by atoms with Crippen molar-refractivity contribution in [2.75, 3.05) is 7.11 Å². The van der Waals surface area contributed by atoms with Crippen LogP contribution in [0.2, 0.25) is 0 Å². The van der Waals surface area contributed by atoms with E-state index in [0.29, 0.717) is 12.3 Å². The fourth-order valence-corrected chi connectivity index (χ4v) is 2.43. The molecule has 2 rings (SSSR count). The average molecular weight is 317 g/mol. The largest absolute Gasteiger partial charge is 0.496 e. The lowest BCUT2D eigenvalue weighted by molar-refractivity contribution is 0.242. The minimum atomic E-state index is -0.262. The summed E-state index contributed by atoms with van der Waals surface area (Å²) in [7, 11) is 1.59. The Morgan fingerprint density at radius 1 is 1.09 bits per heavy atom. The Hall–Kier alpha value is -2.07. The average Bonchev–Trinajstić information content (AvgIpc) is 2.52. The van der Waals surface area contributed by atoms with Gasteiger partial charge in [-0.25, -0.2) is 4.39 Å². The first kappa shape index (κ1) is 17.3. The highest BCUT2D eigenvalue weighted by molar-refractivity contribution is 5.36. The molecule has 0 aliphatic carbocycles. The van der Waals surface area contributed by atoms with E-state index < -0.39 is 0 Å². The van der Waals surface area contributed by atoms with Crippen LogP contribution in [0.25, 0.3) is 0 Å². The van der Waals surface area contributed by atoms with Crippen LogP contribution < -0.4 is 14.8 Å². The molecule has 0 aliphatic rings. The van der Waals surface area contributed by atoms with E-state index in [1.54, 1.807) is 13.2 Å². The molecule has 0 amide bonds. The van der Waals surface area contributed by atoms with Crippen LogP contribution in [-0.4, -0.2) is 13.2 Å². The Kier molecular flexibility index (Phi) is 5.99. The van der Waals surface area contributed by atoms with E-state index in [-0.39, 0.29) is 18.0 Å². The summed E-state index contributed by atoms with van der Waals surface area (Å²) in [5.41, 5.74) is 1.92. The number of hydrogen-bond acceptors (Lipinski definition) is 3. The normalized spacial score (nSPS) is 12.3. The summed E-state index contributed by atoms with van der Waals surface area (Å²) in [5, 5.41) is 3.40. The lowest BCUT2D eigenvalue weighted by atomic mass is 10.1. The van der Waals surface area contributed by atoms with E-state index in [9.17, 15) is 4.39 Å². The van der Waals surface area contributed by atoms with Gasteiger partial charge in [-0.2, -0.15) is 0 Å². The van der Waals surface area contributed by atoms with Crippen LogP contribution in [0.3, 0.4) is 0 Å². The molecule has 0 saturated heterocycles. The second-order valence-corrected chi connectivity index (χ2v) is 5.80. The molecule has 23 heavy (non-hydrogen) atoms. The summed E-state index contributed by atoms with van der Waals surface area (Å²) in [6.45, 7) is 6.66. The van der Waals surface area contributed by atoms with Gasteiger partial charge in [0.25, 0.3) is 0 Å². The van der Waals surface area contributed by atoms with E-state index >= 15 is 0 Å². The van der Waals surface area contributed by atoms with Crippen molar-refractivity contribution in [2.24, 2.45) is 0 Å². The van der Waals surface area contributed by atoms with Gasteiger partial charge in [0.1, 0.15) is 17.3 Å². The Bertz CT molecular complexity index is 643. The topological polar surface area (TPSA) is 30.5 Å². The number of hydrogen-bond donors (Lipinski definition) is 1. The van der Waals surface area contributed by atoms with Crippen molar-refractivity contribution in [2.45, 2.75) is 39.5 Å². The Morgan fingerprint density at radius 3 is 2.57 bits per heavy atom. The molecule has 0 radical (unpaired) electrons. The zero-order valence-corrected chi connectivity index (χ0v) is 14.1. The van der Waals surface area contributed by atoms with Crippen molar-refractivity contribution >= 4 is 0 Å². The van der Waals surface area contributed by atoms with Crippen LogP contribution >= 0.6 is 0 Å². The quantitative estimate of drug-likeness (QED) is 0.817. The van der Waals surface area contributed by atoms with Crippen molar-refractivity contribution in [3.8, 4) is 11.5 Å². The molecule has 2 aromatic rings. The molecular weight excluding hydrogens is 293 g/mol. The maximum atomic E-state index is 13.5. The highest BCUT2D eigenvalue weighted by atomic mass is 19.1. The number of methoxy groups -OCH3 is 1. The minimum absolute atomic E-state index is 0.0321. The van der Waals surface area contributed by atoms with Crippen LogP contribution in [0.15, 0.2) is 42.5 Å². The molecule has 3 nitrogen and oxygen atoms in total. The highest BCUT2D eigenvalue weighted by Gasteiger charge is 2.12. The van der Waals surface area contributed by atoms with Crippen LogP contribution in [0.5, 0.6) is 11.5 Å². The molecule has 0 aliphatic heterocycles. The second-order valence-electron chi connectivity index (χ2n) is 5.80. The molecule has 2 aromatic carbocycles. The molecule has 0 saturated carbocycles. The Balaban J connectivity index is 2.04. The van der Waals surface area contributed by atoms with Gasteiger partial charge in [0, 0.05) is 18.2 Å². The summed E-state index contributed by atoms with van der Waals surface area (Å²) < 4.78 is 24.5. The first-order chi connectivity index (χ1) is 11.0. The van der Waals surface area contributed by atoms with Crippen LogP contribution in [-0.2, 0) is 6.54 Å². The highest BCUT2D eigenvalue weighted by Crippen LogP contribution is 2.26. The van der Waals surface area contributed by atoms with E-state index in [4.69, 9.17) is 9.47 Å². The fraction of sp³-hybridized carbons (Fsp3) is 0.368. The molecule has 0 bridgehead atoms.